The van der Waals surface area contributed by atoms with Gasteiger partial charge in [0.1, 0.15) is 59.6 Å². The number of aliphatic hydroxyl groups excluding tert-OH is 1. The first-order valence-electron chi connectivity index (χ1n) is 12.7. The molecule has 4 saturated heterocycles. The van der Waals surface area contributed by atoms with Gasteiger partial charge in [-0.2, -0.15) is 0 Å². The maximum absolute atomic E-state index is 11.2. The normalized spacial score (nSPS) is 43.5. The molecular formula is C24H38N4O8S2. The maximum atomic E-state index is 11.2. The minimum atomic E-state index is -0.699. The van der Waals surface area contributed by atoms with Crippen molar-refractivity contribution in [1.29, 1.82) is 0 Å². The van der Waals surface area contributed by atoms with E-state index >= 15 is 0 Å². The number of hydrogen-bond acceptors (Lipinski definition) is 14. The Labute approximate surface area is 231 Å². The molecule has 0 amide bonds. The zero-order valence-corrected chi connectivity index (χ0v) is 24.6. The smallest absolute Gasteiger partial charge is 0.164 e. The lowest BCUT2D eigenvalue weighted by atomic mass is 9.99. The first-order chi connectivity index (χ1) is 17.8. The number of aldehydes is 1. The Morgan fingerprint density at radius 1 is 0.789 bits per heavy atom. The molecule has 6 aliphatic rings. The van der Waals surface area contributed by atoms with Gasteiger partial charge in [-0.1, -0.05) is 23.5 Å². The first kappa shape index (κ1) is 28.6. The van der Waals surface area contributed by atoms with E-state index in [9.17, 15) is 9.90 Å². The van der Waals surface area contributed by atoms with E-state index in [1.54, 1.807) is 11.8 Å². The Kier molecular flexibility index (Phi) is 7.86. The van der Waals surface area contributed by atoms with E-state index in [1.807, 2.05) is 65.7 Å². The summed E-state index contributed by atoms with van der Waals surface area (Å²) >= 11 is 3.11. The van der Waals surface area contributed by atoms with Crippen LogP contribution in [0.5, 0.6) is 0 Å². The van der Waals surface area contributed by atoms with Crippen molar-refractivity contribution >= 4 is 40.1 Å². The van der Waals surface area contributed by atoms with Gasteiger partial charge < -0.3 is 48.1 Å². The molecule has 214 valence electrons. The number of aliphatic hydroxyl groups is 1. The van der Waals surface area contributed by atoms with Crippen LogP contribution in [-0.4, -0.2) is 137 Å². The Hall–Kier alpha value is -0.970. The predicted molar refractivity (Wildman–Crippen MR) is 143 cm³/mol. The van der Waals surface area contributed by atoms with Gasteiger partial charge in [0.2, 0.25) is 0 Å². The number of hydrogen-bond donors (Lipinski definition) is 1. The van der Waals surface area contributed by atoms with E-state index in [-0.39, 0.29) is 60.1 Å². The lowest BCUT2D eigenvalue weighted by Gasteiger charge is -2.36. The average Bonchev–Trinajstić information content (AvgIpc) is 3.58. The van der Waals surface area contributed by atoms with Crippen molar-refractivity contribution in [2.45, 2.75) is 98.8 Å². The number of amidine groups is 2. The zero-order chi connectivity index (χ0) is 27.6. The number of carbonyl (C=O) groups is 1. The highest BCUT2D eigenvalue weighted by Crippen LogP contribution is 2.45. The van der Waals surface area contributed by atoms with Crippen molar-refractivity contribution in [3.63, 3.8) is 0 Å². The quantitative estimate of drug-likeness (QED) is 0.468. The van der Waals surface area contributed by atoms with Crippen LogP contribution in [0.1, 0.15) is 27.7 Å². The van der Waals surface area contributed by atoms with Gasteiger partial charge in [0, 0.05) is 28.2 Å². The third kappa shape index (κ3) is 5.36. The van der Waals surface area contributed by atoms with Crippen LogP contribution in [0.15, 0.2) is 9.98 Å². The third-order valence-corrected chi connectivity index (χ3v) is 9.50. The zero-order valence-electron chi connectivity index (χ0n) is 23.0. The van der Waals surface area contributed by atoms with E-state index in [1.165, 1.54) is 11.8 Å². The number of nitrogens with zero attached hydrogens (tertiary/aromatic N) is 4. The molecule has 0 unspecified atom stereocenters. The fourth-order valence-corrected chi connectivity index (χ4v) is 7.64. The summed E-state index contributed by atoms with van der Waals surface area (Å²) in [7, 11) is 7.79. The fourth-order valence-electron chi connectivity index (χ4n) is 5.34. The second-order valence-corrected chi connectivity index (χ2v) is 13.4. The van der Waals surface area contributed by atoms with Gasteiger partial charge in [0.15, 0.2) is 28.2 Å². The number of carbonyl (C=O) groups excluding carboxylic acids is 1. The van der Waals surface area contributed by atoms with Crippen LogP contribution < -0.4 is 0 Å². The van der Waals surface area contributed by atoms with Gasteiger partial charge in [-0.15, -0.1) is 0 Å². The maximum Gasteiger partial charge on any atom is 0.164 e. The second kappa shape index (κ2) is 10.5. The molecule has 6 aliphatic heterocycles. The standard InChI is InChI=1S/C12H20N2O4S.C12H18N2O4S/c2*1-12(2)17-8-6(5-15)16-10-7(9(8)18-12)13-11(19-10)14(3)4/h6-10,15H,5H2,1-4H3;5-10H,1-4H3/t2*6-,7-,8-,9-,10-/m11/s1. The lowest BCUT2D eigenvalue weighted by Crippen LogP contribution is -2.54. The van der Waals surface area contributed by atoms with Crippen LogP contribution in [-0.2, 0) is 33.2 Å². The first-order valence-corrected chi connectivity index (χ1v) is 14.5. The van der Waals surface area contributed by atoms with E-state index in [4.69, 9.17) is 28.4 Å². The minimum absolute atomic E-state index is 0.0678. The second-order valence-electron chi connectivity index (χ2n) is 11.3. The van der Waals surface area contributed by atoms with Crippen LogP contribution in [0, 0.1) is 0 Å². The van der Waals surface area contributed by atoms with Crippen molar-refractivity contribution in [2.75, 3.05) is 34.8 Å². The van der Waals surface area contributed by atoms with Gasteiger partial charge in [0.05, 0.1) is 6.61 Å². The highest BCUT2D eigenvalue weighted by atomic mass is 32.2. The van der Waals surface area contributed by atoms with E-state index in [2.05, 4.69) is 9.98 Å². The lowest BCUT2D eigenvalue weighted by molar-refractivity contribution is -0.159. The molecule has 38 heavy (non-hydrogen) atoms. The Morgan fingerprint density at radius 3 is 1.71 bits per heavy atom. The largest absolute Gasteiger partial charge is 0.394 e. The Morgan fingerprint density at radius 2 is 1.24 bits per heavy atom. The highest BCUT2D eigenvalue weighted by molar-refractivity contribution is 8.14. The molecule has 0 aromatic carbocycles. The fraction of sp³-hybridized carbons (Fsp3) is 0.875. The van der Waals surface area contributed by atoms with Crippen molar-refractivity contribution in [1.82, 2.24) is 9.80 Å². The molecular weight excluding hydrogens is 536 g/mol. The van der Waals surface area contributed by atoms with Gasteiger partial charge in [0.25, 0.3) is 0 Å². The number of thioether (sulfide) groups is 2. The molecule has 10 atom stereocenters. The number of aliphatic imine (C=N–C) groups is 2. The van der Waals surface area contributed by atoms with Gasteiger partial charge in [-0.05, 0) is 27.7 Å². The van der Waals surface area contributed by atoms with Crippen LogP contribution >= 0.6 is 23.5 Å². The summed E-state index contributed by atoms with van der Waals surface area (Å²) in [5.41, 5.74) is -0.278. The molecule has 6 rings (SSSR count). The number of rotatable bonds is 2. The molecule has 0 bridgehead atoms. The third-order valence-electron chi connectivity index (χ3n) is 6.89. The van der Waals surface area contributed by atoms with Crippen molar-refractivity contribution in [3.8, 4) is 0 Å². The summed E-state index contributed by atoms with van der Waals surface area (Å²) in [6.07, 6.45) is -1.15. The summed E-state index contributed by atoms with van der Waals surface area (Å²) in [4.78, 5) is 24.4. The minimum Gasteiger partial charge on any atom is -0.394 e. The average molecular weight is 575 g/mol. The molecule has 0 aliphatic carbocycles. The van der Waals surface area contributed by atoms with Crippen molar-refractivity contribution in [3.05, 3.63) is 0 Å². The van der Waals surface area contributed by atoms with E-state index in [0.717, 1.165) is 16.6 Å². The molecule has 6 heterocycles. The highest BCUT2D eigenvalue weighted by Gasteiger charge is 2.58. The van der Waals surface area contributed by atoms with E-state index < -0.39 is 17.7 Å². The van der Waals surface area contributed by atoms with Crippen molar-refractivity contribution < 1.29 is 38.3 Å². The molecule has 0 spiro atoms. The SMILES string of the molecule is CN(C)C1=N[C@@H]2[C@H]3OC(C)(C)O[C@@H]3[C@@H](C=O)O[C@@H]2S1.CN(C)C1=N[C@@H]2[C@H]3OC(C)(C)O[C@@H]3[C@@H](CO)O[C@@H]2S1. The summed E-state index contributed by atoms with van der Waals surface area (Å²) in [5.74, 6) is -1.35. The molecule has 1 N–H and O–H groups in total. The summed E-state index contributed by atoms with van der Waals surface area (Å²) in [6.45, 7) is 7.39. The molecule has 14 heteroatoms. The Bertz CT molecular complexity index is 979. The summed E-state index contributed by atoms with van der Waals surface area (Å²) in [5, 5.41) is 11.3. The van der Waals surface area contributed by atoms with Crippen LogP contribution in [0.25, 0.3) is 0 Å². The molecule has 0 saturated carbocycles. The molecule has 4 fully saturated rings. The van der Waals surface area contributed by atoms with Crippen molar-refractivity contribution in [2.24, 2.45) is 9.98 Å². The molecule has 12 nitrogen and oxygen atoms in total. The van der Waals surface area contributed by atoms with Gasteiger partial charge >= 0.3 is 0 Å². The van der Waals surface area contributed by atoms with Gasteiger partial charge in [-0.3, -0.25) is 9.98 Å². The summed E-state index contributed by atoms with van der Waals surface area (Å²) in [6, 6.07) is -0.192. The van der Waals surface area contributed by atoms with Crippen LogP contribution in [0.4, 0.5) is 0 Å². The van der Waals surface area contributed by atoms with Crippen LogP contribution in [0.2, 0.25) is 0 Å². The van der Waals surface area contributed by atoms with E-state index in [0.29, 0.717) is 0 Å². The topological polar surface area (TPSA) is 124 Å². The Balaban J connectivity index is 0.000000155. The molecule has 0 aromatic rings. The molecule has 0 radical (unpaired) electrons. The summed E-state index contributed by atoms with van der Waals surface area (Å²) < 4.78 is 35.3. The van der Waals surface area contributed by atoms with Crippen LogP contribution in [0.3, 0.4) is 0 Å². The molecule has 0 aromatic heterocycles. The predicted octanol–water partition coefficient (Wildman–Crippen LogP) is 0.720. The monoisotopic (exact) mass is 574 g/mol. The van der Waals surface area contributed by atoms with Gasteiger partial charge in [-0.25, -0.2) is 0 Å². The number of fused-ring (bicyclic) bond motifs is 6. The number of ether oxygens (including phenoxy) is 6.